The Balaban J connectivity index is 1.89. The largest absolute Gasteiger partial charge is 0.492 e. The first-order valence-electron chi connectivity index (χ1n) is 18.5. The number of carbonyl (C=O) groups is 3. The lowest BCUT2D eigenvalue weighted by Crippen LogP contribution is -2.70. The van der Waals surface area contributed by atoms with Crippen molar-refractivity contribution in [3.05, 3.63) is 11.8 Å². The van der Waals surface area contributed by atoms with E-state index in [1.165, 1.54) is 14.0 Å². The predicted octanol–water partition coefficient (Wildman–Crippen LogP) is -1.91. The van der Waals surface area contributed by atoms with Crippen molar-refractivity contribution in [3.8, 4) is 0 Å². The first-order valence-corrected chi connectivity index (χ1v) is 18.5. The fourth-order valence-corrected chi connectivity index (χ4v) is 6.86. The number of hydrogen-bond acceptors (Lipinski definition) is 16. The van der Waals surface area contributed by atoms with Crippen molar-refractivity contribution in [2.45, 2.75) is 146 Å². The topological polar surface area (TPSA) is 296 Å². The summed E-state index contributed by atoms with van der Waals surface area (Å²) in [6, 6.07) is -3.77. The molecule has 0 spiro atoms. The second-order valence-electron chi connectivity index (χ2n) is 16.6. The highest BCUT2D eigenvalue weighted by molar-refractivity contribution is 5.81. The molecule has 1 aliphatic carbocycles. The number of aliphatic hydroxyl groups is 4. The Labute approximate surface area is 317 Å². The summed E-state index contributed by atoms with van der Waals surface area (Å²) in [5.41, 5.74) is 15.4. The molecule has 19 nitrogen and oxygen atoms in total. The van der Waals surface area contributed by atoms with Gasteiger partial charge in [-0.3, -0.25) is 4.79 Å². The average molecular weight is 776 g/mol. The lowest BCUT2D eigenvalue weighted by Gasteiger charge is -2.51. The maximum absolute atomic E-state index is 13.3. The Bertz CT molecular complexity index is 1290. The standard InChI is InChI=1S/C35H65N7O12/c1-33(2,3)53-31(47)40-16-22(43)29(46)41-21-14-20(38)23(26-19(37)11-10-18(51-26)15-39-13-9-12-36)24(44)27(21)52-30-25(45)28(35(7,49)17-50-30)42(8)32(48)54-34(4,5)6/h10,19-28,30,39,43-45,49H,9,11-17,36-38H2,1-8H3,(H,40,47)(H,41,46)/t19-,20+,21-,22+,23-,24+,25-,26?,27+,28-,30-,35+/m1/s1. The van der Waals surface area contributed by atoms with E-state index in [4.69, 9.17) is 40.9 Å². The van der Waals surface area contributed by atoms with Crippen molar-refractivity contribution in [1.29, 1.82) is 0 Å². The Morgan fingerprint density at radius 2 is 1.72 bits per heavy atom. The third kappa shape index (κ3) is 12.6. The molecule has 2 heterocycles. The van der Waals surface area contributed by atoms with Gasteiger partial charge in [0.1, 0.15) is 47.0 Å². The van der Waals surface area contributed by atoms with Crippen LogP contribution < -0.4 is 33.2 Å². The van der Waals surface area contributed by atoms with Gasteiger partial charge in [-0.2, -0.15) is 0 Å². The smallest absolute Gasteiger partial charge is 0.410 e. The van der Waals surface area contributed by atoms with Gasteiger partial charge in [0.15, 0.2) is 6.29 Å². The number of amides is 3. The summed E-state index contributed by atoms with van der Waals surface area (Å²) in [4.78, 5) is 39.6. The zero-order valence-electron chi connectivity index (χ0n) is 32.8. The lowest BCUT2D eigenvalue weighted by atomic mass is 9.72. The molecule has 1 unspecified atom stereocenters. The lowest BCUT2D eigenvalue weighted by molar-refractivity contribution is -0.305. The fourth-order valence-electron chi connectivity index (χ4n) is 6.86. The number of ether oxygens (including phenoxy) is 5. The highest BCUT2D eigenvalue weighted by atomic mass is 16.7. The van der Waals surface area contributed by atoms with Crippen LogP contribution in [-0.2, 0) is 28.5 Å². The third-order valence-corrected chi connectivity index (χ3v) is 9.35. The summed E-state index contributed by atoms with van der Waals surface area (Å²) in [7, 11) is 1.36. The van der Waals surface area contributed by atoms with E-state index >= 15 is 0 Å². The molecular formula is C35H65N7O12. The van der Waals surface area contributed by atoms with Crippen LogP contribution in [0.5, 0.6) is 0 Å². The molecule has 54 heavy (non-hydrogen) atoms. The van der Waals surface area contributed by atoms with Crippen LogP contribution in [0.2, 0.25) is 0 Å². The van der Waals surface area contributed by atoms with Crippen LogP contribution >= 0.6 is 0 Å². The van der Waals surface area contributed by atoms with Crippen molar-refractivity contribution in [1.82, 2.24) is 20.9 Å². The van der Waals surface area contributed by atoms with Gasteiger partial charge in [-0.05, 0) is 86.9 Å². The number of hydrogen-bond donors (Lipinski definition) is 10. The highest BCUT2D eigenvalue weighted by Gasteiger charge is 2.55. The van der Waals surface area contributed by atoms with Crippen LogP contribution in [0, 0.1) is 5.92 Å². The second kappa shape index (κ2) is 18.9. The number of rotatable bonds is 13. The zero-order chi connectivity index (χ0) is 40.8. The molecule has 3 rings (SSSR count). The Morgan fingerprint density at radius 1 is 1.07 bits per heavy atom. The SMILES string of the molecule is CN(C(=O)OC(C)(C)C)[C@@H]1[C@@H](O)[C@@H](O[C@@H]2[C@@H](O)[C@H](C3OC(CNCCCN)=CC[C@H]3N)[C@@H](N)C[C@H]2NC(=O)[C@@H](O)CNC(=O)OC(C)(C)C)OC[C@]1(C)O. The van der Waals surface area contributed by atoms with Crippen molar-refractivity contribution in [3.63, 3.8) is 0 Å². The Hall–Kier alpha value is -2.85. The van der Waals surface area contributed by atoms with E-state index in [9.17, 15) is 34.8 Å². The summed E-state index contributed by atoms with van der Waals surface area (Å²) in [6.45, 7) is 12.1. The van der Waals surface area contributed by atoms with Gasteiger partial charge in [0, 0.05) is 25.0 Å². The normalized spacial score (nSPS) is 33.8. The zero-order valence-corrected chi connectivity index (χ0v) is 32.8. The maximum atomic E-state index is 13.3. The van der Waals surface area contributed by atoms with Gasteiger partial charge >= 0.3 is 12.2 Å². The first-order chi connectivity index (χ1) is 25.0. The monoisotopic (exact) mass is 775 g/mol. The Kier molecular flexibility index (Phi) is 15.9. The molecular weight excluding hydrogens is 710 g/mol. The number of nitrogens with one attached hydrogen (secondary N) is 3. The Morgan fingerprint density at radius 3 is 2.33 bits per heavy atom. The van der Waals surface area contributed by atoms with Gasteiger partial charge in [0.05, 0.1) is 37.9 Å². The summed E-state index contributed by atoms with van der Waals surface area (Å²) < 4.78 is 29.0. The van der Waals surface area contributed by atoms with Crippen molar-refractivity contribution < 1.29 is 58.5 Å². The van der Waals surface area contributed by atoms with Gasteiger partial charge in [0.25, 0.3) is 5.91 Å². The number of nitrogens with two attached hydrogens (primary N) is 3. The minimum absolute atomic E-state index is 0.00744. The number of likely N-dealkylation sites (N-methyl/N-ethyl adjacent to an activating group) is 1. The summed E-state index contributed by atoms with van der Waals surface area (Å²) >= 11 is 0. The molecule has 19 heteroatoms. The van der Waals surface area contributed by atoms with E-state index in [0.29, 0.717) is 31.8 Å². The number of nitrogens with zero attached hydrogens (tertiary/aromatic N) is 1. The molecule has 0 aromatic rings. The van der Waals surface area contributed by atoms with E-state index in [2.05, 4.69) is 16.0 Å². The molecule has 12 atom stereocenters. The molecule has 0 aromatic carbocycles. The first kappa shape index (κ1) is 45.5. The van der Waals surface area contributed by atoms with Crippen molar-refractivity contribution in [2.75, 3.05) is 39.8 Å². The molecule has 3 aliphatic rings. The highest BCUT2D eigenvalue weighted by Crippen LogP contribution is 2.37. The van der Waals surface area contributed by atoms with Crippen LogP contribution in [0.3, 0.4) is 0 Å². The van der Waals surface area contributed by atoms with E-state index in [1.807, 2.05) is 6.08 Å². The maximum Gasteiger partial charge on any atom is 0.410 e. The molecule has 1 saturated carbocycles. The molecule has 3 amide bonds. The second-order valence-corrected chi connectivity index (χ2v) is 16.6. The third-order valence-electron chi connectivity index (χ3n) is 9.35. The van der Waals surface area contributed by atoms with Crippen LogP contribution in [0.25, 0.3) is 0 Å². The summed E-state index contributed by atoms with van der Waals surface area (Å²) in [6.07, 6.45) is -7.22. The van der Waals surface area contributed by atoms with Gasteiger partial charge in [-0.15, -0.1) is 0 Å². The van der Waals surface area contributed by atoms with Gasteiger partial charge < -0.3 is 82.2 Å². The van der Waals surface area contributed by atoms with Gasteiger partial charge in [0.2, 0.25) is 0 Å². The minimum Gasteiger partial charge on any atom is -0.492 e. The molecule has 1 saturated heterocycles. The van der Waals surface area contributed by atoms with Crippen molar-refractivity contribution >= 4 is 18.1 Å². The van der Waals surface area contributed by atoms with Gasteiger partial charge in [-0.1, -0.05) is 0 Å². The quantitative estimate of drug-likeness (QED) is 0.0914. The van der Waals surface area contributed by atoms with Crippen LogP contribution in [0.15, 0.2) is 11.8 Å². The van der Waals surface area contributed by atoms with E-state index in [-0.39, 0.29) is 6.42 Å². The summed E-state index contributed by atoms with van der Waals surface area (Å²) in [5, 5.41) is 53.9. The fraction of sp³-hybridized carbons (Fsp3) is 0.857. The summed E-state index contributed by atoms with van der Waals surface area (Å²) in [5.74, 6) is -1.17. The van der Waals surface area contributed by atoms with E-state index < -0.39 is 115 Å². The predicted molar refractivity (Wildman–Crippen MR) is 195 cm³/mol. The van der Waals surface area contributed by atoms with Crippen molar-refractivity contribution in [2.24, 2.45) is 23.1 Å². The minimum atomic E-state index is -1.76. The molecule has 0 radical (unpaired) electrons. The molecule has 2 aliphatic heterocycles. The van der Waals surface area contributed by atoms with E-state index in [1.54, 1.807) is 41.5 Å². The number of aliphatic hydroxyl groups excluding tert-OH is 3. The molecule has 312 valence electrons. The number of carbonyl (C=O) groups excluding carboxylic acids is 3. The molecule has 0 bridgehead atoms. The number of alkyl carbamates (subject to hydrolysis) is 1. The van der Waals surface area contributed by atoms with Crippen LogP contribution in [0.4, 0.5) is 9.59 Å². The average Bonchev–Trinajstić information content (AvgIpc) is 3.04. The van der Waals surface area contributed by atoms with Crippen LogP contribution in [0.1, 0.15) is 67.7 Å². The van der Waals surface area contributed by atoms with E-state index in [0.717, 1.165) is 11.3 Å². The molecule has 0 aromatic heterocycles. The molecule has 13 N–H and O–H groups in total. The van der Waals surface area contributed by atoms with Crippen LogP contribution in [-0.4, -0.2) is 161 Å². The molecule has 2 fully saturated rings. The van der Waals surface area contributed by atoms with Gasteiger partial charge in [-0.25, -0.2) is 9.59 Å².